The van der Waals surface area contributed by atoms with Gasteiger partial charge in [-0.1, -0.05) is 0 Å². The van der Waals surface area contributed by atoms with Crippen molar-refractivity contribution in [2.45, 2.75) is 58.5 Å². The standard InChI is InChI=1S/C19H28N4O4/c1-19(2,3)27-16(24)10-13-6-5-9-22(12-13)17-14-7-4-8-20-18(14)21-11-15(17)23(25)26/h11,13H,4-10,12H2,1-3H3,(H,20,21)/t13-/m1/s1. The van der Waals surface area contributed by atoms with Crippen LogP contribution in [0.15, 0.2) is 6.20 Å². The van der Waals surface area contributed by atoms with Crippen LogP contribution < -0.4 is 10.2 Å². The van der Waals surface area contributed by atoms with E-state index in [1.54, 1.807) is 0 Å². The van der Waals surface area contributed by atoms with Crippen LogP contribution in [0.3, 0.4) is 0 Å². The lowest BCUT2D eigenvalue weighted by Gasteiger charge is -2.36. The number of nitrogens with zero attached hydrogens (tertiary/aromatic N) is 3. The molecule has 3 heterocycles. The van der Waals surface area contributed by atoms with Crippen LogP contribution in [0.2, 0.25) is 0 Å². The van der Waals surface area contributed by atoms with Crippen molar-refractivity contribution in [1.29, 1.82) is 0 Å². The first-order chi connectivity index (χ1) is 12.7. The molecule has 0 amide bonds. The summed E-state index contributed by atoms with van der Waals surface area (Å²) in [6.07, 6.45) is 5.22. The molecule has 27 heavy (non-hydrogen) atoms. The van der Waals surface area contributed by atoms with Crippen LogP contribution in [0.25, 0.3) is 0 Å². The minimum absolute atomic E-state index is 0.0513. The first-order valence-corrected chi connectivity index (χ1v) is 9.61. The molecular formula is C19H28N4O4. The van der Waals surface area contributed by atoms with Crippen molar-refractivity contribution in [2.75, 3.05) is 29.9 Å². The summed E-state index contributed by atoms with van der Waals surface area (Å²) in [6.45, 7) is 7.78. The third-order valence-corrected chi connectivity index (χ3v) is 4.93. The second kappa shape index (κ2) is 7.70. The summed E-state index contributed by atoms with van der Waals surface area (Å²) in [5.41, 5.74) is 1.15. The number of aromatic nitrogens is 1. The molecule has 1 aromatic heterocycles. The van der Waals surface area contributed by atoms with Crippen LogP contribution in [0.5, 0.6) is 0 Å². The van der Waals surface area contributed by atoms with Gasteiger partial charge in [-0.05, 0) is 52.4 Å². The third kappa shape index (κ3) is 4.67. The van der Waals surface area contributed by atoms with Gasteiger partial charge in [-0.2, -0.15) is 0 Å². The first-order valence-electron chi connectivity index (χ1n) is 9.61. The Hall–Kier alpha value is -2.38. The molecule has 0 unspecified atom stereocenters. The molecule has 0 aliphatic carbocycles. The number of fused-ring (bicyclic) bond motifs is 1. The van der Waals surface area contributed by atoms with Crippen LogP contribution in [-0.4, -0.2) is 41.1 Å². The molecule has 0 aromatic carbocycles. The van der Waals surface area contributed by atoms with Gasteiger partial charge in [-0.15, -0.1) is 0 Å². The Morgan fingerprint density at radius 2 is 2.22 bits per heavy atom. The fourth-order valence-corrected chi connectivity index (χ4v) is 3.93. The van der Waals surface area contributed by atoms with Crippen LogP contribution in [0.1, 0.15) is 52.0 Å². The van der Waals surface area contributed by atoms with E-state index in [9.17, 15) is 14.9 Å². The van der Waals surface area contributed by atoms with Crippen molar-refractivity contribution < 1.29 is 14.5 Å². The van der Waals surface area contributed by atoms with E-state index in [1.165, 1.54) is 6.20 Å². The molecule has 0 spiro atoms. The highest BCUT2D eigenvalue weighted by atomic mass is 16.6. The van der Waals surface area contributed by atoms with Gasteiger partial charge in [0.2, 0.25) is 0 Å². The highest BCUT2D eigenvalue weighted by Gasteiger charge is 2.32. The number of nitro groups is 1. The summed E-state index contributed by atoms with van der Waals surface area (Å²) in [5, 5.41) is 14.9. The number of anilines is 2. The largest absolute Gasteiger partial charge is 0.460 e. The maximum atomic E-state index is 12.2. The molecule has 2 aliphatic heterocycles. The summed E-state index contributed by atoms with van der Waals surface area (Å²) in [5.74, 6) is 0.673. The summed E-state index contributed by atoms with van der Waals surface area (Å²) < 4.78 is 5.45. The number of carbonyl (C=O) groups excluding carboxylic acids is 1. The molecule has 8 heteroatoms. The maximum absolute atomic E-state index is 12.2. The molecule has 0 radical (unpaired) electrons. The maximum Gasteiger partial charge on any atom is 0.311 e. The number of rotatable bonds is 4. The van der Waals surface area contributed by atoms with Gasteiger partial charge in [0.15, 0.2) is 0 Å². The van der Waals surface area contributed by atoms with Crippen molar-refractivity contribution >= 4 is 23.2 Å². The van der Waals surface area contributed by atoms with Gasteiger partial charge < -0.3 is 15.0 Å². The number of hydrogen-bond acceptors (Lipinski definition) is 7. The predicted octanol–water partition coefficient (Wildman–Crippen LogP) is 3.30. The van der Waals surface area contributed by atoms with E-state index in [0.29, 0.717) is 18.7 Å². The molecule has 1 N–H and O–H groups in total. The average Bonchev–Trinajstić information content (AvgIpc) is 2.59. The van der Waals surface area contributed by atoms with Crippen molar-refractivity contribution in [1.82, 2.24) is 4.98 Å². The van der Waals surface area contributed by atoms with E-state index in [1.807, 2.05) is 20.8 Å². The van der Waals surface area contributed by atoms with Gasteiger partial charge >= 0.3 is 11.7 Å². The zero-order valence-corrected chi connectivity index (χ0v) is 16.3. The highest BCUT2D eigenvalue weighted by molar-refractivity contribution is 5.74. The lowest BCUT2D eigenvalue weighted by atomic mass is 9.93. The molecule has 148 valence electrons. The smallest absolute Gasteiger partial charge is 0.311 e. The van der Waals surface area contributed by atoms with Crippen molar-refractivity contribution in [3.05, 3.63) is 21.9 Å². The van der Waals surface area contributed by atoms with Gasteiger partial charge in [-0.25, -0.2) is 4.98 Å². The Morgan fingerprint density at radius 1 is 1.44 bits per heavy atom. The lowest BCUT2D eigenvalue weighted by molar-refractivity contribution is -0.384. The molecule has 1 aromatic rings. The average molecular weight is 376 g/mol. The Balaban J connectivity index is 1.81. The molecule has 1 fully saturated rings. The second-order valence-electron chi connectivity index (χ2n) is 8.35. The SMILES string of the molecule is CC(C)(C)OC(=O)C[C@H]1CCCN(c2c([N+](=O)[O-])cnc3c2CCCN3)C1. The summed E-state index contributed by atoms with van der Waals surface area (Å²) in [6, 6.07) is 0. The minimum atomic E-state index is -0.500. The lowest BCUT2D eigenvalue weighted by Crippen LogP contribution is -2.38. The van der Waals surface area contributed by atoms with E-state index < -0.39 is 5.60 Å². The van der Waals surface area contributed by atoms with Gasteiger partial charge in [0.1, 0.15) is 23.3 Å². The molecule has 0 bridgehead atoms. The summed E-state index contributed by atoms with van der Waals surface area (Å²) in [7, 11) is 0. The van der Waals surface area contributed by atoms with Crippen molar-refractivity contribution in [2.24, 2.45) is 5.92 Å². The molecule has 1 atom stereocenters. The first kappa shape index (κ1) is 19.4. The van der Waals surface area contributed by atoms with Gasteiger partial charge in [0.05, 0.1) is 11.3 Å². The van der Waals surface area contributed by atoms with E-state index in [2.05, 4.69) is 15.2 Å². The van der Waals surface area contributed by atoms with Crippen LogP contribution in [0.4, 0.5) is 17.2 Å². The van der Waals surface area contributed by atoms with E-state index in [0.717, 1.165) is 50.2 Å². The number of hydrogen-bond donors (Lipinski definition) is 1. The number of ether oxygens (including phenoxy) is 1. The van der Waals surface area contributed by atoms with Crippen molar-refractivity contribution in [3.63, 3.8) is 0 Å². The quantitative estimate of drug-likeness (QED) is 0.489. The van der Waals surface area contributed by atoms with Crippen LogP contribution >= 0.6 is 0 Å². The minimum Gasteiger partial charge on any atom is -0.460 e. The fourth-order valence-electron chi connectivity index (χ4n) is 3.93. The fraction of sp³-hybridized carbons (Fsp3) is 0.684. The number of nitrogens with one attached hydrogen (secondary N) is 1. The Morgan fingerprint density at radius 3 is 2.93 bits per heavy atom. The molecule has 3 rings (SSSR count). The van der Waals surface area contributed by atoms with E-state index in [4.69, 9.17) is 4.74 Å². The summed E-state index contributed by atoms with van der Waals surface area (Å²) >= 11 is 0. The van der Waals surface area contributed by atoms with Crippen LogP contribution in [0, 0.1) is 16.0 Å². The van der Waals surface area contributed by atoms with Gasteiger partial charge in [-0.3, -0.25) is 14.9 Å². The van der Waals surface area contributed by atoms with Gasteiger partial charge in [0, 0.05) is 25.2 Å². The Labute approximate surface area is 159 Å². The summed E-state index contributed by atoms with van der Waals surface area (Å²) in [4.78, 5) is 29.8. The molecule has 8 nitrogen and oxygen atoms in total. The van der Waals surface area contributed by atoms with Crippen LogP contribution in [-0.2, 0) is 16.0 Å². The number of pyridine rings is 1. The Kier molecular flexibility index (Phi) is 5.53. The normalized spacial score (nSPS) is 19.8. The zero-order chi connectivity index (χ0) is 19.6. The Bertz CT molecular complexity index is 729. The number of carbonyl (C=O) groups is 1. The third-order valence-electron chi connectivity index (χ3n) is 4.93. The van der Waals surface area contributed by atoms with Gasteiger partial charge in [0.25, 0.3) is 0 Å². The number of esters is 1. The van der Waals surface area contributed by atoms with Crippen molar-refractivity contribution in [3.8, 4) is 0 Å². The molecule has 2 aliphatic rings. The molecule has 0 saturated carbocycles. The monoisotopic (exact) mass is 376 g/mol. The predicted molar refractivity (Wildman–Crippen MR) is 103 cm³/mol. The molecule has 1 saturated heterocycles. The number of piperidine rings is 1. The van der Waals surface area contributed by atoms with E-state index in [-0.39, 0.29) is 22.5 Å². The highest BCUT2D eigenvalue weighted by Crippen LogP contribution is 2.39. The van der Waals surface area contributed by atoms with E-state index >= 15 is 0 Å². The second-order valence-corrected chi connectivity index (χ2v) is 8.35. The zero-order valence-electron chi connectivity index (χ0n) is 16.3. The topological polar surface area (TPSA) is 97.6 Å². The molecular weight excluding hydrogens is 348 g/mol.